The van der Waals surface area contributed by atoms with Gasteiger partial charge in [0.1, 0.15) is 5.75 Å². The average molecular weight is 397 g/mol. The maximum absolute atomic E-state index is 12.7. The molecule has 0 spiro atoms. The van der Waals surface area contributed by atoms with Gasteiger partial charge in [0.15, 0.2) is 0 Å². The van der Waals surface area contributed by atoms with Gasteiger partial charge in [0.05, 0.1) is 6.61 Å². The molecule has 2 rings (SSSR count). The van der Waals surface area contributed by atoms with Crippen LogP contribution in [0.3, 0.4) is 0 Å². The van der Waals surface area contributed by atoms with E-state index in [0.29, 0.717) is 6.61 Å². The van der Waals surface area contributed by atoms with Gasteiger partial charge in [-0.3, -0.25) is 0 Å². The van der Waals surface area contributed by atoms with Crippen molar-refractivity contribution in [3.05, 3.63) is 65.2 Å². The van der Waals surface area contributed by atoms with Gasteiger partial charge in [-0.15, -0.1) is 0 Å². The van der Waals surface area contributed by atoms with Crippen LogP contribution in [-0.2, 0) is 20.4 Å². The van der Waals surface area contributed by atoms with Crippen molar-refractivity contribution in [2.45, 2.75) is 78.2 Å². The molecule has 0 N–H and O–H groups in total. The van der Waals surface area contributed by atoms with Crippen molar-refractivity contribution >= 4 is 5.97 Å². The number of benzene rings is 2. The molecule has 1 unspecified atom stereocenters. The largest absolute Gasteiger partial charge is 0.474 e. The molecule has 29 heavy (non-hydrogen) atoms. The van der Waals surface area contributed by atoms with Gasteiger partial charge >= 0.3 is 5.97 Å². The summed E-state index contributed by atoms with van der Waals surface area (Å²) in [6, 6.07) is 16.0. The zero-order valence-electron chi connectivity index (χ0n) is 19.0. The Bertz CT molecular complexity index is 806. The Hall–Kier alpha value is -2.29. The Morgan fingerprint density at radius 3 is 2.07 bits per heavy atom. The van der Waals surface area contributed by atoms with Crippen molar-refractivity contribution in [1.29, 1.82) is 0 Å². The van der Waals surface area contributed by atoms with Crippen molar-refractivity contribution in [1.82, 2.24) is 0 Å². The van der Waals surface area contributed by atoms with Gasteiger partial charge in [0.25, 0.3) is 0 Å². The van der Waals surface area contributed by atoms with Crippen molar-refractivity contribution in [3.8, 4) is 5.75 Å². The minimum absolute atomic E-state index is 0.0783. The highest BCUT2D eigenvalue weighted by molar-refractivity contribution is 5.77. The van der Waals surface area contributed by atoms with Crippen LogP contribution in [0.5, 0.6) is 5.75 Å². The summed E-state index contributed by atoms with van der Waals surface area (Å²) in [6.07, 6.45) is 1.23. The molecule has 0 aliphatic heterocycles. The minimum Gasteiger partial charge on any atom is -0.474 e. The monoisotopic (exact) mass is 396 g/mol. The fraction of sp³-hybridized carbons (Fsp3) is 0.500. The molecule has 158 valence electrons. The first-order valence-corrected chi connectivity index (χ1v) is 10.7. The molecular weight excluding hydrogens is 360 g/mol. The molecule has 0 bridgehead atoms. The minimum atomic E-state index is -0.785. The molecule has 3 heteroatoms. The number of carbonyl (C=O) groups is 1. The first-order chi connectivity index (χ1) is 13.7. The van der Waals surface area contributed by atoms with Crippen molar-refractivity contribution in [3.63, 3.8) is 0 Å². The lowest BCUT2D eigenvalue weighted by Gasteiger charge is -2.31. The van der Waals surface area contributed by atoms with Crippen LogP contribution in [-0.4, -0.2) is 12.6 Å². The standard InChI is InChI=1S/C26H36O3/c1-8-25(4,5)20-16-17-22(21(18-20)26(6,7)9-2)29-23(24(27)28-10-3)19-14-12-11-13-15-19/h11-18,23H,8-10H2,1-7H3. The molecule has 0 aromatic heterocycles. The van der Waals surface area contributed by atoms with Crippen molar-refractivity contribution < 1.29 is 14.3 Å². The maximum atomic E-state index is 12.7. The van der Waals surface area contributed by atoms with E-state index in [0.717, 1.165) is 29.7 Å². The molecule has 2 aromatic carbocycles. The molecule has 0 aliphatic rings. The summed E-state index contributed by atoms with van der Waals surface area (Å²) in [5.74, 6) is 0.381. The molecule has 0 fully saturated rings. The molecule has 0 saturated heterocycles. The van der Waals surface area contributed by atoms with E-state index >= 15 is 0 Å². The number of carbonyl (C=O) groups excluding carboxylic acids is 1. The summed E-state index contributed by atoms with van der Waals surface area (Å²) < 4.78 is 11.7. The Kier molecular flexibility index (Phi) is 7.51. The van der Waals surface area contributed by atoms with Crippen molar-refractivity contribution in [2.75, 3.05) is 6.61 Å². The Balaban J connectivity index is 2.54. The highest BCUT2D eigenvalue weighted by atomic mass is 16.6. The zero-order chi connectivity index (χ0) is 21.7. The zero-order valence-corrected chi connectivity index (χ0v) is 19.0. The number of ether oxygens (including phenoxy) is 2. The van der Waals surface area contributed by atoms with Crippen LogP contribution in [0, 0.1) is 0 Å². The Morgan fingerprint density at radius 1 is 0.897 bits per heavy atom. The summed E-state index contributed by atoms with van der Waals surface area (Å²) in [7, 11) is 0. The van der Waals surface area contributed by atoms with Gasteiger partial charge in [-0.25, -0.2) is 4.79 Å². The fourth-order valence-corrected chi connectivity index (χ4v) is 3.20. The fourth-order valence-electron chi connectivity index (χ4n) is 3.20. The van der Waals surface area contributed by atoms with E-state index in [1.165, 1.54) is 5.56 Å². The molecule has 1 atom stereocenters. The third kappa shape index (κ3) is 5.41. The summed E-state index contributed by atoms with van der Waals surface area (Å²) in [5.41, 5.74) is 3.21. The number of esters is 1. The van der Waals surface area contributed by atoms with E-state index in [4.69, 9.17) is 9.47 Å². The SMILES string of the molecule is CCOC(=O)C(Oc1ccc(C(C)(C)CC)cc1C(C)(C)CC)c1ccccc1. The van der Waals surface area contributed by atoms with Gasteiger partial charge in [-0.2, -0.15) is 0 Å². The van der Waals surface area contributed by atoms with E-state index in [2.05, 4.69) is 53.7 Å². The van der Waals surface area contributed by atoms with Crippen LogP contribution in [0.15, 0.2) is 48.5 Å². The van der Waals surface area contributed by atoms with E-state index in [9.17, 15) is 4.79 Å². The predicted molar refractivity (Wildman–Crippen MR) is 120 cm³/mol. The van der Waals surface area contributed by atoms with E-state index < -0.39 is 6.10 Å². The average Bonchev–Trinajstić information content (AvgIpc) is 2.72. The number of rotatable bonds is 9. The molecule has 0 amide bonds. The lowest BCUT2D eigenvalue weighted by Crippen LogP contribution is -2.25. The quantitative estimate of drug-likeness (QED) is 0.440. The van der Waals surface area contributed by atoms with Gasteiger partial charge in [0.2, 0.25) is 6.10 Å². The highest BCUT2D eigenvalue weighted by Gasteiger charge is 2.30. The Labute approximate surface area is 176 Å². The second-order valence-corrected chi connectivity index (χ2v) is 8.85. The summed E-state index contributed by atoms with van der Waals surface area (Å²) in [5, 5.41) is 0. The van der Waals surface area contributed by atoms with Gasteiger partial charge < -0.3 is 9.47 Å². The second-order valence-electron chi connectivity index (χ2n) is 8.85. The van der Waals surface area contributed by atoms with Crippen LogP contribution in [0.2, 0.25) is 0 Å². The molecule has 0 radical (unpaired) electrons. The number of hydrogen-bond donors (Lipinski definition) is 0. The van der Waals surface area contributed by atoms with E-state index in [-0.39, 0.29) is 16.8 Å². The third-order valence-corrected chi connectivity index (χ3v) is 6.11. The molecule has 2 aromatic rings. The lowest BCUT2D eigenvalue weighted by atomic mass is 9.76. The molecule has 0 heterocycles. The molecule has 0 saturated carbocycles. The van der Waals surface area contributed by atoms with Gasteiger partial charge in [0, 0.05) is 11.1 Å². The van der Waals surface area contributed by atoms with Crippen LogP contribution in [0.1, 0.15) is 84.1 Å². The predicted octanol–water partition coefficient (Wildman–Crippen LogP) is 6.75. The third-order valence-electron chi connectivity index (χ3n) is 6.11. The van der Waals surface area contributed by atoms with Crippen LogP contribution >= 0.6 is 0 Å². The second kappa shape index (κ2) is 9.47. The highest BCUT2D eigenvalue weighted by Crippen LogP contribution is 2.40. The summed E-state index contributed by atoms with van der Waals surface area (Å²) >= 11 is 0. The van der Waals surface area contributed by atoms with Gasteiger partial charge in [-0.1, -0.05) is 84.0 Å². The van der Waals surface area contributed by atoms with E-state index in [1.54, 1.807) is 0 Å². The lowest BCUT2D eigenvalue weighted by molar-refractivity contribution is -0.151. The first kappa shape index (κ1) is 23.0. The topological polar surface area (TPSA) is 35.5 Å². The van der Waals surface area contributed by atoms with E-state index in [1.807, 2.05) is 43.3 Å². The van der Waals surface area contributed by atoms with Crippen molar-refractivity contribution in [2.24, 2.45) is 0 Å². The smallest absolute Gasteiger partial charge is 0.352 e. The van der Waals surface area contributed by atoms with Crippen LogP contribution < -0.4 is 4.74 Å². The normalized spacial score (nSPS) is 13.1. The summed E-state index contributed by atoms with van der Waals surface area (Å²) in [6.45, 7) is 15.5. The van der Waals surface area contributed by atoms with Crippen LogP contribution in [0.4, 0.5) is 0 Å². The Morgan fingerprint density at radius 2 is 1.52 bits per heavy atom. The number of hydrogen-bond acceptors (Lipinski definition) is 3. The first-order valence-electron chi connectivity index (χ1n) is 10.7. The van der Waals surface area contributed by atoms with Gasteiger partial charge in [-0.05, 0) is 42.2 Å². The van der Waals surface area contributed by atoms with Crippen LogP contribution in [0.25, 0.3) is 0 Å². The molecule has 0 aliphatic carbocycles. The summed E-state index contributed by atoms with van der Waals surface area (Å²) in [4.78, 5) is 12.7. The molecular formula is C26H36O3. The maximum Gasteiger partial charge on any atom is 0.352 e. The molecule has 3 nitrogen and oxygen atoms in total.